The van der Waals surface area contributed by atoms with Crippen LogP contribution in [0.25, 0.3) is 0 Å². The van der Waals surface area contributed by atoms with Gasteiger partial charge in [-0.25, -0.2) is 14.5 Å². The Labute approximate surface area is 122 Å². The Bertz CT molecular complexity index is 546. The first-order valence-corrected chi connectivity index (χ1v) is 6.64. The van der Waals surface area contributed by atoms with E-state index < -0.39 is 24.0 Å². The summed E-state index contributed by atoms with van der Waals surface area (Å²) in [4.78, 5) is 38.0. The molecule has 0 saturated carbocycles. The van der Waals surface area contributed by atoms with Gasteiger partial charge >= 0.3 is 12.1 Å². The molecule has 1 aliphatic rings. The second-order valence-electron chi connectivity index (χ2n) is 4.87. The molecule has 1 aromatic carbocycles. The maximum Gasteiger partial charge on any atom is 0.327 e. The second kappa shape index (κ2) is 6.25. The SMILES string of the molecule is CN1CCCN(C(=O)NC(C([NH])=O)c2ccccc2)C1=O. The van der Waals surface area contributed by atoms with Gasteiger partial charge in [0, 0.05) is 20.1 Å². The molecule has 2 rings (SSSR count). The molecule has 7 heteroatoms. The van der Waals surface area contributed by atoms with Crippen LogP contribution in [-0.2, 0) is 4.79 Å². The number of rotatable bonds is 3. The van der Waals surface area contributed by atoms with Crippen LogP contribution < -0.4 is 11.1 Å². The highest BCUT2D eigenvalue weighted by Gasteiger charge is 2.31. The van der Waals surface area contributed by atoms with Crippen LogP contribution in [0.3, 0.4) is 0 Å². The van der Waals surface area contributed by atoms with Crippen molar-refractivity contribution in [1.29, 1.82) is 0 Å². The van der Waals surface area contributed by atoms with E-state index in [2.05, 4.69) is 5.32 Å². The number of amides is 5. The second-order valence-corrected chi connectivity index (χ2v) is 4.87. The first kappa shape index (κ1) is 14.8. The van der Waals surface area contributed by atoms with Crippen molar-refractivity contribution in [2.24, 2.45) is 0 Å². The number of hydrogen-bond donors (Lipinski definition) is 1. The fourth-order valence-electron chi connectivity index (χ4n) is 2.20. The van der Waals surface area contributed by atoms with Crippen LogP contribution in [0.15, 0.2) is 30.3 Å². The average Bonchev–Trinajstić information content (AvgIpc) is 2.48. The van der Waals surface area contributed by atoms with Gasteiger partial charge in [-0.2, -0.15) is 0 Å². The monoisotopic (exact) mass is 289 g/mol. The Morgan fingerprint density at radius 1 is 1.24 bits per heavy atom. The lowest BCUT2D eigenvalue weighted by atomic mass is 10.1. The average molecular weight is 289 g/mol. The van der Waals surface area contributed by atoms with Gasteiger partial charge in [-0.05, 0) is 12.0 Å². The molecule has 1 aromatic rings. The van der Waals surface area contributed by atoms with Crippen LogP contribution in [0.5, 0.6) is 0 Å². The van der Waals surface area contributed by atoms with Gasteiger partial charge < -0.3 is 10.2 Å². The molecule has 1 atom stereocenters. The molecule has 0 bridgehead atoms. The van der Waals surface area contributed by atoms with Gasteiger partial charge in [0.05, 0.1) is 0 Å². The molecule has 5 amide bonds. The quantitative estimate of drug-likeness (QED) is 0.899. The number of hydrogen-bond acceptors (Lipinski definition) is 3. The molecule has 1 radical (unpaired) electrons. The van der Waals surface area contributed by atoms with E-state index in [0.29, 0.717) is 25.1 Å². The number of carbonyl (C=O) groups is 3. The van der Waals surface area contributed by atoms with E-state index in [1.165, 1.54) is 4.90 Å². The number of imide groups is 1. The molecular formula is C14H17N4O3. The van der Waals surface area contributed by atoms with Crippen molar-refractivity contribution in [2.45, 2.75) is 12.5 Å². The third-order valence-corrected chi connectivity index (χ3v) is 3.34. The zero-order valence-corrected chi connectivity index (χ0v) is 11.7. The molecule has 111 valence electrons. The van der Waals surface area contributed by atoms with Gasteiger partial charge in [-0.3, -0.25) is 10.5 Å². The van der Waals surface area contributed by atoms with Gasteiger partial charge in [0.25, 0.3) is 5.91 Å². The van der Waals surface area contributed by atoms with E-state index in [0.717, 1.165) is 4.90 Å². The van der Waals surface area contributed by atoms with Crippen molar-refractivity contribution in [3.8, 4) is 0 Å². The number of urea groups is 2. The maximum absolute atomic E-state index is 12.2. The molecule has 1 unspecified atom stereocenters. The molecule has 1 aliphatic heterocycles. The minimum Gasteiger partial charge on any atom is -0.327 e. The Kier molecular flexibility index (Phi) is 4.42. The van der Waals surface area contributed by atoms with Crippen molar-refractivity contribution >= 4 is 18.0 Å². The summed E-state index contributed by atoms with van der Waals surface area (Å²) in [6, 6.07) is 6.40. The summed E-state index contributed by atoms with van der Waals surface area (Å²) in [5.74, 6) is -0.924. The predicted molar refractivity (Wildman–Crippen MR) is 75.2 cm³/mol. The standard InChI is InChI=1S/C14H17N4O3/c1-17-8-5-9-18(14(17)21)13(20)16-11(12(15)19)10-6-3-2-4-7-10/h2-4,6-7,11,15H,5,8-9H2,1H3,(H,16,20). The summed E-state index contributed by atoms with van der Waals surface area (Å²) < 4.78 is 0. The lowest BCUT2D eigenvalue weighted by molar-refractivity contribution is -0.120. The van der Waals surface area contributed by atoms with Crippen LogP contribution in [0.4, 0.5) is 9.59 Å². The zero-order chi connectivity index (χ0) is 15.4. The lowest BCUT2D eigenvalue weighted by Crippen LogP contribution is -2.54. The first-order valence-electron chi connectivity index (χ1n) is 6.64. The molecule has 1 fully saturated rings. The fourth-order valence-corrected chi connectivity index (χ4v) is 2.20. The van der Waals surface area contributed by atoms with Crippen LogP contribution in [-0.4, -0.2) is 47.9 Å². The van der Waals surface area contributed by atoms with Gasteiger partial charge in [-0.1, -0.05) is 30.3 Å². The highest BCUT2D eigenvalue weighted by molar-refractivity contribution is 5.96. The molecule has 1 heterocycles. The first-order chi connectivity index (χ1) is 10.0. The van der Waals surface area contributed by atoms with E-state index >= 15 is 0 Å². The van der Waals surface area contributed by atoms with Crippen molar-refractivity contribution < 1.29 is 14.4 Å². The van der Waals surface area contributed by atoms with Gasteiger partial charge in [0.15, 0.2) is 0 Å². The van der Waals surface area contributed by atoms with Crippen LogP contribution in [0, 0.1) is 0 Å². The van der Waals surface area contributed by atoms with E-state index in [-0.39, 0.29) is 0 Å². The summed E-state index contributed by atoms with van der Waals surface area (Å²) in [7, 11) is 1.62. The molecule has 21 heavy (non-hydrogen) atoms. The van der Waals surface area contributed by atoms with Crippen LogP contribution in [0.1, 0.15) is 18.0 Å². The number of nitrogens with one attached hydrogen (secondary N) is 2. The van der Waals surface area contributed by atoms with E-state index in [1.54, 1.807) is 37.4 Å². The molecule has 0 aromatic heterocycles. The summed E-state index contributed by atoms with van der Waals surface area (Å²) in [6.45, 7) is 0.908. The summed E-state index contributed by atoms with van der Waals surface area (Å²) in [5, 5.41) is 2.46. The van der Waals surface area contributed by atoms with E-state index in [9.17, 15) is 14.4 Å². The molecule has 7 nitrogen and oxygen atoms in total. The lowest BCUT2D eigenvalue weighted by Gasteiger charge is -2.32. The highest BCUT2D eigenvalue weighted by atomic mass is 16.2. The number of carbonyl (C=O) groups excluding carboxylic acids is 3. The summed E-state index contributed by atoms with van der Waals surface area (Å²) in [5.41, 5.74) is 7.82. The van der Waals surface area contributed by atoms with Crippen molar-refractivity contribution in [2.75, 3.05) is 20.1 Å². The highest BCUT2D eigenvalue weighted by Crippen LogP contribution is 2.14. The minimum atomic E-state index is -1.07. The minimum absolute atomic E-state index is 0.308. The van der Waals surface area contributed by atoms with Gasteiger partial charge in [0.1, 0.15) is 6.04 Å². The van der Waals surface area contributed by atoms with E-state index in [4.69, 9.17) is 5.73 Å². The van der Waals surface area contributed by atoms with Crippen molar-refractivity contribution in [3.63, 3.8) is 0 Å². The predicted octanol–water partition coefficient (Wildman–Crippen LogP) is 1.00. The Balaban J connectivity index is 2.12. The topological polar surface area (TPSA) is 93.5 Å². The largest absolute Gasteiger partial charge is 0.327 e. The maximum atomic E-state index is 12.2. The fraction of sp³-hybridized carbons (Fsp3) is 0.357. The Hall–Kier alpha value is -2.57. The van der Waals surface area contributed by atoms with Crippen LogP contribution >= 0.6 is 0 Å². The third-order valence-electron chi connectivity index (χ3n) is 3.34. The summed E-state index contributed by atoms with van der Waals surface area (Å²) in [6.07, 6.45) is 0.681. The Morgan fingerprint density at radius 3 is 2.52 bits per heavy atom. The van der Waals surface area contributed by atoms with E-state index in [1.807, 2.05) is 0 Å². The van der Waals surface area contributed by atoms with Crippen molar-refractivity contribution in [1.82, 2.24) is 20.9 Å². The van der Waals surface area contributed by atoms with Gasteiger partial charge in [-0.15, -0.1) is 0 Å². The third kappa shape index (κ3) is 3.31. The number of benzene rings is 1. The Morgan fingerprint density at radius 2 is 1.90 bits per heavy atom. The molecule has 2 N–H and O–H groups in total. The summed E-state index contributed by atoms with van der Waals surface area (Å²) >= 11 is 0. The number of nitrogens with zero attached hydrogens (tertiary/aromatic N) is 2. The zero-order valence-electron chi connectivity index (χ0n) is 11.7. The normalized spacial score (nSPS) is 16.5. The molecule has 0 aliphatic carbocycles. The van der Waals surface area contributed by atoms with Gasteiger partial charge in [0.2, 0.25) is 0 Å². The van der Waals surface area contributed by atoms with Crippen LogP contribution in [0.2, 0.25) is 0 Å². The molecule has 0 spiro atoms. The van der Waals surface area contributed by atoms with Crippen molar-refractivity contribution in [3.05, 3.63) is 35.9 Å². The molecular weight excluding hydrogens is 272 g/mol. The smallest absolute Gasteiger partial charge is 0.327 e. The molecule has 1 saturated heterocycles.